The van der Waals surface area contributed by atoms with Gasteiger partial charge in [-0.3, -0.25) is 0 Å². The third kappa shape index (κ3) is 5.57. The number of unbranched alkanes of at least 4 members (excludes halogenated alkanes) is 5. The van der Waals surface area contributed by atoms with Gasteiger partial charge in [0.15, 0.2) is 0 Å². The van der Waals surface area contributed by atoms with Gasteiger partial charge in [0.1, 0.15) is 0 Å². The zero-order chi connectivity index (χ0) is 12.4. The minimum atomic E-state index is 0.457. The van der Waals surface area contributed by atoms with E-state index in [-0.39, 0.29) is 0 Å². The monoisotopic (exact) mass is 234 g/mol. The third-order valence-electron chi connectivity index (χ3n) is 4.20. The molecule has 98 valence electrons. The Hall–Kier alpha value is -0.520. The van der Waals surface area contributed by atoms with Crippen molar-refractivity contribution in [1.29, 1.82) is 0 Å². The Bertz CT molecular complexity index is 218. The zero-order valence-corrected chi connectivity index (χ0v) is 11.7. The largest absolute Gasteiger partial charge is 0.103 e. The SMILES string of the molecule is C=CC1(C/C=C/CCCCCCC)CCCC1. The number of hydrogen-bond donors (Lipinski definition) is 0. The van der Waals surface area contributed by atoms with Crippen molar-refractivity contribution in [2.45, 2.75) is 77.6 Å². The van der Waals surface area contributed by atoms with Crippen LogP contribution < -0.4 is 0 Å². The Morgan fingerprint density at radius 3 is 2.35 bits per heavy atom. The average Bonchev–Trinajstić information content (AvgIpc) is 2.82. The molecule has 17 heavy (non-hydrogen) atoms. The van der Waals surface area contributed by atoms with Gasteiger partial charge >= 0.3 is 0 Å². The summed E-state index contributed by atoms with van der Waals surface area (Å²) < 4.78 is 0. The molecule has 1 aliphatic carbocycles. The van der Waals surface area contributed by atoms with Crippen molar-refractivity contribution in [2.75, 3.05) is 0 Å². The maximum atomic E-state index is 4.03. The van der Waals surface area contributed by atoms with Crippen LogP contribution in [0.2, 0.25) is 0 Å². The average molecular weight is 234 g/mol. The van der Waals surface area contributed by atoms with Gasteiger partial charge in [0.05, 0.1) is 0 Å². The van der Waals surface area contributed by atoms with E-state index in [1.54, 1.807) is 0 Å². The van der Waals surface area contributed by atoms with Crippen molar-refractivity contribution in [1.82, 2.24) is 0 Å². The Morgan fingerprint density at radius 2 is 1.71 bits per heavy atom. The highest BCUT2D eigenvalue weighted by Crippen LogP contribution is 2.42. The summed E-state index contributed by atoms with van der Waals surface area (Å²) in [5, 5.41) is 0. The fourth-order valence-electron chi connectivity index (χ4n) is 2.87. The molecule has 1 rings (SSSR count). The summed E-state index contributed by atoms with van der Waals surface area (Å²) in [6.07, 6.45) is 22.0. The van der Waals surface area contributed by atoms with Crippen LogP contribution in [0.1, 0.15) is 77.6 Å². The predicted molar refractivity (Wildman–Crippen MR) is 78.2 cm³/mol. The maximum Gasteiger partial charge on any atom is -0.00864 e. The smallest absolute Gasteiger partial charge is 0.00864 e. The number of rotatable bonds is 9. The molecule has 0 heterocycles. The Balaban J connectivity index is 2.06. The highest BCUT2D eigenvalue weighted by molar-refractivity contribution is 5.03. The van der Waals surface area contributed by atoms with E-state index >= 15 is 0 Å². The molecule has 1 aliphatic rings. The van der Waals surface area contributed by atoms with Crippen LogP contribution in [0.3, 0.4) is 0 Å². The fourth-order valence-corrected chi connectivity index (χ4v) is 2.87. The van der Waals surface area contributed by atoms with Gasteiger partial charge in [-0.1, -0.05) is 63.7 Å². The Morgan fingerprint density at radius 1 is 1.00 bits per heavy atom. The lowest BCUT2D eigenvalue weighted by Gasteiger charge is -2.22. The van der Waals surface area contributed by atoms with Gasteiger partial charge in [-0.2, -0.15) is 0 Å². The van der Waals surface area contributed by atoms with Crippen LogP contribution in [0, 0.1) is 5.41 Å². The maximum absolute atomic E-state index is 4.03. The molecule has 1 saturated carbocycles. The summed E-state index contributed by atoms with van der Waals surface area (Å²) in [6, 6.07) is 0. The standard InChI is InChI=1S/C17H30/c1-3-5-6-7-8-9-10-11-14-17(4-2)15-12-13-16-17/h4,10-11H,2-3,5-9,12-16H2,1H3/b11-10+. The van der Waals surface area contributed by atoms with E-state index in [0.717, 1.165) is 0 Å². The molecule has 0 bridgehead atoms. The highest BCUT2D eigenvalue weighted by Gasteiger charge is 2.28. The summed E-state index contributed by atoms with van der Waals surface area (Å²) in [7, 11) is 0. The van der Waals surface area contributed by atoms with Gasteiger partial charge < -0.3 is 0 Å². The van der Waals surface area contributed by atoms with Crippen molar-refractivity contribution < 1.29 is 0 Å². The normalized spacial score (nSPS) is 18.9. The van der Waals surface area contributed by atoms with E-state index < -0.39 is 0 Å². The molecule has 0 aromatic rings. The molecule has 1 fully saturated rings. The lowest BCUT2D eigenvalue weighted by atomic mass is 9.83. The van der Waals surface area contributed by atoms with Crippen LogP contribution in [-0.2, 0) is 0 Å². The summed E-state index contributed by atoms with van der Waals surface area (Å²) in [6.45, 7) is 6.30. The topological polar surface area (TPSA) is 0 Å². The first-order valence-corrected chi connectivity index (χ1v) is 7.61. The number of allylic oxidation sites excluding steroid dienone is 3. The van der Waals surface area contributed by atoms with Gasteiger partial charge in [-0.15, -0.1) is 6.58 Å². The summed E-state index contributed by atoms with van der Waals surface area (Å²) in [4.78, 5) is 0. The van der Waals surface area contributed by atoms with Crippen LogP contribution in [0.5, 0.6) is 0 Å². The second-order valence-corrected chi connectivity index (χ2v) is 5.65. The minimum Gasteiger partial charge on any atom is -0.103 e. The molecule has 0 atom stereocenters. The Kier molecular flexibility index (Phi) is 7.32. The first-order valence-electron chi connectivity index (χ1n) is 7.61. The molecule has 0 unspecified atom stereocenters. The molecule has 0 aliphatic heterocycles. The van der Waals surface area contributed by atoms with E-state index in [2.05, 4.69) is 31.7 Å². The molecule has 0 N–H and O–H groups in total. The van der Waals surface area contributed by atoms with Crippen LogP contribution in [0.25, 0.3) is 0 Å². The van der Waals surface area contributed by atoms with Crippen LogP contribution in [0.4, 0.5) is 0 Å². The first-order chi connectivity index (χ1) is 8.33. The molecule has 0 amide bonds. The van der Waals surface area contributed by atoms with Gasteiger partial charge in [0.25, 0.3) is 0 Å². The Labute approximate surface area is 108 Å². The second-order valence-electron chi connectivity index (χ2n) is 5.65. The van der Waals surface area contributed by atoms with Gasteiger partial charge in [0.2, 0.25) is 0 Å². The quantitative estimate of drug-likeness (QED) is 0.337. The van der Waals surface area contributed by atoms with Crippen molar-refractivity contribution in [3.63, 3.8) is 0 Å². The zero-order valence-electron chi connectivity index (χ0n) is 11.7. The van der Waals surface area contributed by atoms with Crippen molar-refractivity contribution in [3.05, 3.63) is 24.8 Å². The molecule has 0 aromatic carbocycles. The fraction of sp³-hybridized carbons (Fsp3) is 0.765. The molecular formula is C17H30. The van der Waals surface area contributed by atoms with Crippen LogP contribution in [-0.4, -0.2) is 0 Å². The number of hydrogen-bond acceptors (Lipinski definition) is 0. The van der Waals surface area contributed by atoms with Crippen LogP contribution in [0.15, 0.2) is 24.8 Å². The summed E-state index contributed by atoms with van der Waals surface area (Å²) in [5.41, 5.74) is 0.457. The highest BCUT2D eigenvalue weighted by atomic mass is 14.3. The molecule has 0 aromatic heterocycles. The molecule has 0 heteroatoms. The van der Waals surface area contributed by atoms with E-state index in [0.29, 0.717) is 5.41 Å². The van der Waals surface area contributed by atoms with Crippen molar-refractivity contribution in [2.24, 2.45) is 5.41 Å². The third-order valence-corrected chi connectivity index (χ3v) is 4.20. The van der Waals surface area contributed by atoms with E-state index in [1.807, 2.05) is 0 Å². The molecule has 0 radical (unpaired) electrons. The second kappa shape index (κ2) is 8.55. The first kappa shape index (κ1) is 14.5. The lowest BCUT2D eigenvalue weighted by Crippen LogP contribution is -2.10. The molecular weight excluding hydrogens is 204 g/mol. The molecule has 0 nitrogen and oxygen atoms in total. The summed E-state index contributed by atoms with van der Waals surface area (Å²) >= 11 is 0. The van der Waals surface area contributed by atoms with Crippen molar-refractivity contribution >= 4 is 0 Å². The van der Waals surface area contributed by atoms with E-state index in [4.69, 9.17) is 0 Å². The van der Waals surface area contributed by atoms with E-state index in [1.165, 1.54) is 70.6 Å². The van der Waals surface area contributed by atoms with Crippen LogP contribution >= 0.6 is 0 Å². The van der Waals surface area contributed by atoms with E-state index in [9.17, 15) is 0 Å². The molecule has 0 saturated heterocycles. The minimum absolute atomic E-state index is 0.457. The summed E-state index contributed by atoms with van der Waals surface area (Å²) in [5.74, 6) is 0. The van der Waals surface area contributed by atoms with Gasteiger partial charge in [0, 0.05) is 0 Å². The van der Waals surface area contributed by atoms with Gasteiger partial charge in [-0.25, -0.2) is 0 Å². The lowest BCUT2D eigenvalue weighted by molar-refractivity contribution is 0.402. The van der Waals surface area contributed by atoms with Crippen molar-refractivity contribution in [3.8, 4) is 0 Å². The predicted octanol–water partition coefficient (Wildman–Crippen LogP) is 6.04. The van der Waals surface area contributed by atoms with Gasteiger partial charge in [-0.05, 0) is 37.5 Å². The molecule has 0 spiro atoms.